The fourth-order valence-electron chi connectivity index (χ4n) is 3.46. The number of benzene rings is 1. The molecular weight excluding hydrogens is 204 g/mol. The van der Waals surface area contributed by atoms with Crippen LogP contribution >= 0.6 is 0 Å². The molecule has 3 aliphatic carbocycles. The van der Waals surface area contributed by atoms with Gasteiger partial charge in [-0.3, -0.25) is 10.1 Å². The molecule has 0 aliphatic heterocycles. The first-order valence-corrected chi connectivity index (χ1v) is 5.54. The summed E-state index contributed by atoms with van der Waals surface area (Å²) < 4.78 is 0. The summed E-state index contributed by atoms with van der Waals surface area (Å²) in [7, 11) is 0. The van der Waals surface area contributed by atoms with Crippen molar-refractivity contribution in [2.45, 2.75) is 24.7 Å². The Morgan fingerprint density at radius 2 is 1.81 bits per heavy atom. The van der Waals surface area contributed by atoms with Crippen molar-refractivity contribution in [1.29, 1.82) is 0 Å². The summed E-state index contributed by atoms with van der Waals surface area (Å²) in [6.07, 6.45) is 3.48. The van der Waals surface area contributed by atoms with Gasteiger partial charge in [-0.25, -0.2) is 0 Å². The third-order valence-electron chi connectivity index (χ3n) is 4.26. The SMILES string of the molecule is NCC12CC(c3ccc([N+](=O)[O-])cc3)(C1)C2. The van der Waals surface area contributed by atoms with E-state index in [1.54, 1.807) is 12.1 Å². The first kappa shape index (κ1) is 9.78. The molecule has 0 amide bonds. The molecule has 0 spiro atoms. The number of nitro benzene ring substituents is 1. The van der Waals surface area contributed by atoms with Gasteiger partial charge in [0.25, 0.3) is 5.69 Å². The fraction of sp³-hybridized carbons (Fsp3) is 0.500. The summed E-state index contributed by atoms with van der Waals surface area (Å²) in [5.41, 5.74) is 7.84. The van der Waals surface area contributed by atoms with Gasteiger partial charge in [0, 0.05) is 12.1 Å². The lowest BCUT2D eigenvalue weighted by Gasteiger charge is -2.71. The third-order valence-corrected chi connectivity index (χ3v) is 4.26. The average molecular weight is 218 g/mol. The van der Waals surface area contributed by atoms with Gasteiger partial charge >= 0.3 is 0 Å². The van der Waals surface area contributed by atoms with Crippen LogP contribution in [0.2, 0.25) is 0 Å². The molecule has 2 bridgehead atoms. The molecule has 3 aliphatic rings. The second kappa shape index (κ2) is 2.83. The second-order valence-electron chi connectivity index (χ2n) is 5.32. The van der Waals surface area contributed by atoms with Gasteiger partial charge in [0.15, 0.2) is 0 Å². The van der Waals surface area contributed by atoms with Crippen LogP contribution in [0, 0.1) is 15.5 Å². The van der Waals surface area contributed by atoms with Crippen LogP contribution < -0.4 is 5.73 Å². The minimum atomic E-state index is -0.354. The lowest BCUT2D eigenvalue weighted by atomic mass is 9.33. The maximum absolute atomic E-state index is 10.5. The van der Waals surface area contributed by atoms with Gasteiger partial charge in [-0.2, -0.15) is 0 Å². The first-order chi connectivity index (χ1) is 7.59. The average Bonchev–Trinajstić information content (AvgIpc) is 2.15. The number of nitrogens with two attached hydrogens (primary N) is 1. The summed E-state index contributed by atoms with van der Waals surface area (Å²) in [6, 6.07) is 7.01. The Morgan fingerprint density at radius 3 is 2.25 bits per heavy atom. The number of hydrogen-bond acceptors (Lipinski definition) is 3. The van der Waals surface area contributed by atoms with E-state index in [2.05, 4.69) is 0 Å². The molecule has 4 rings (SSSR count). The van der Waals surface area contributed by atoms with E-state index < -0.39 is 0 Å². The van der Waals surface area contributed by atoms with Crippen LogP contribution in [-0.2, 0) is 5.41 Å². The predicted molar refractivity (Wildman–Crippen MR) is 60.1 cm³/mol. The highest BCUT2D eigenvalue weighted by atomic mass is 16.6. The maximum atomic E-state index is 10.5. The number of nitro groups is 1. The van der Waals surface area contributed by atoms with E-state index in [9.17, 15) is 10.1 Å². The molecule has 4 heteroatoms. The number of non-ortho nitro benzene ring substituents is 1. The zero-order valence-electron chi connectivity index (χ0n) is 8.98. The lowest BCUT2D eigenvalue weighted by Crippen LogP contribution is -2.67. The van der Waals surface area contributed by atoms with Crippen LogP contribution in [-0.4, -0.2) is 11.5 Å². The molecule has 84 valence electrons. The highest BCUT2D eigenvalue weighted by Gasteiger charge is 2.67. The van der Waals surface area contributed by atoms with Gasteiger partial charge in [0.1, 0.15) is 0 Å². The van der Waals surface area contributed by atoms with Crippen LogP contribution in [0.1, 0.15) is 24.8 Å². The van der Waals surface area contributed by atoms with E-state index in [0.29, 0.717) is 10.8 Å². The van der Waals surface area contributed by atoms with Crippen molar-refractivity contribution in [3.63, 3.8) is 0 Å². The van der Waals surface area contributed by atoms with E-state index in [4.69, 9.17) is 5.73 Å². The molecule has 0 unspecified atom stereocenters. The van der Waals surface area contributed by atoms with E-state index in [1.807, 2.05) is 12.1 Å². The van der Waals surface area contributed by atoms with Crippen molar-refractivity contribution in [2.24, 2.45) is 11.1 Å². The topological polar surface area (TPSA) is 69.2 Å². The predicted octanol–water partition coefficient (Wildman–Crippen LogP) is 1.98. The van der Waals surface area contributed by atoms with Crippen LogP contribution in [0.5, 0.6) is 0 Å². The van der Waals surface area contributed by atoms with Crippen LogP contribution in [0.15, 0.2) is 24.3 Å². The highest BCUT2D eigenvalue weighted by Crippen LogP contribution is 2.73. The van der Waals surface area contributed by atoms with Crippen molar-refractivity contribution in [3.8, 4) is 0 Å². The van der Waals surface area contributed by atoms with Gasteiger partial charge < -0.3 is 5.73 Å². The lowest BCUT2D eigenvalue weighted by molar-refractivity contribution is -0.384. The first-order valence-electron chi connectivity index (χ1n) is 5.54. The van der Waals surface area contributed by atoms with Gasteiger partial charge in [-0.05, 0) is 42.2 Å². The summed E-state index contributed by atoms with van der Waals surface area (Å²) in [5.74, 6) is 0. The van der Waals surface area contributed by atoms with Crippen molar-refractivity contribution < 1.29 is 4.92 Å². The Morgan fingerprint density at radius 1 is 1.25 bits per heavy atom. The standard InChI is InChI=1S/C12H14N2O2/c13-8-11-5-12(6-11,7-11)9-1-3-10(4-2-9)14(15)16/h1-4H,5-8,13H2. The normalized spacial score (nSPS) is 35.1. The largest absolute Gasteiger partial charge is 0.330 e. The fourth-order valence-corrected chi connectivity index (χ4v) is 3.46. The minimum Gasteiger partial charge on any atom is -0.330 e. The van der Waals surface area contributed by atoms with Gasteiger partial charge in [-0.1, -0.05) is 12.1 Å². The molecular formula is C12H14N2O2. The molecule has 3 fully saturated rings. The van der Waals surface area contributed by atoms with Crippen LogP contribution in [0.25, 0.3) is 0 Å². The summed E-state index contributed by atoms with van der Waals surface area (Å²) in [4.78, 5) is 10.2. The summed E-state index contributed by atoms with van der Waals surface area (Å²) >= 11 is 0. The van der Waals surface area contributed by atoms with Crippen LogP contribution in [0.3, 0.4) is 0 Å². The molecule has 1 aromatic carbocycles. The Bertz CT molecular complexity index is 433. The van der Waals surface area contributed by atoms with E-state index in [1.165, 1.54) is 5.56 Å². The second-order valence-corrected chi connectivity index (χ2v) is 5.32. The van der Waals surface area contributed by atoms with Gasteiger partial charge in [0.2, 0.25) is 0 Å². The molecule has 0 aromatic heterocycles. The smallest absolute Gasteiger partial charge is 0.269 e. The molecule has 0 heterocycles. The number of hydrogen-bond donors (Lipinski definition) is 1. The van der Waals surface area contributed by atoms with Crippen molar-refractivity contribution in [2.75, 3.05) is 6.54 Å². The molecule has 0 atom stereocenters. The van der Waals surface area contributed by atoms with E-state index in [0.717, 1.165) is 25.8 Å². The number of nitrogens with zero attached hydrogens (tertiary/aromatic N) is 1. The molecule has 0 radical (unpaired) electrons. The van der Waals surface area contributed by atoms with Gasteiger partial charge in [-0.15, -0.1) is 0 Å². The Balaban J connectivity index is 1.81. The van der Waals surface area contributed by atoms with Gasteiger partial charge in [0.05, 0.1) is 4.92 Å². The Labute approximate surface area is 93.6 Å². The van der Waals surface area contributed by atoms with Crippen molar-refractivity contribution in [3.05, 3.63) is 39.9 Å². The summed E-state index contributed by atoms with van der Waals surface area (Å²) in [6.45, 7) is 0.779. The zero-order valence-corrected chi connectivity index (χ0v) is 8.98. The van der Waals surface area contributed by atoms with E-state index in [-0.39, 0.29) is 10.6 Å². The third kappa shape index (κ3) is 1.08. The molecule has 2 N–H and O–H groups in total. The number of rotatable bonds is 3. The zero-order chi connectivity index (χ0) is 11.4. The molecule has 3 saturated carbocycles. The molecule has 0 saturated heterocycles. The van der Waals surface area contributed by atoms with Crippen LogP contribution in [0.4, 0.5) is 5.69 Å². The molecule has 4 nitrogen and oxygen atoms in total. The summed E-state index contributed by atoms with van der Waals surface area (Å²) in [5, 5.41) is 10.5. The quantitative estimate of drug-likeness (QED) is 0.623. The van der Waals surface area contributed by atoms with E-state index >= 15 is 0 Å². The minimum absolute atomic E-state index is 0.170. The molecule has 16 heavy (non-hydrogen) atoms. The van der Waals surface area contributed by atoms with Crippen molar-refractivity contribution >= 4 is 5.69 Å². The Kier molecular flexibility index (Phi) is 1.73. The maximum Gasteiger partial charge on any atom is 0.269 e. The monoisotopic (exact) mass is 218 g/mol. The Hall–Kier alpha value is -1.42. The highest BCUT2D eigenvalue weighted by molar-refractivity contribution is 5.43. The van der Waals surface area contributed by atoms with Crippen molar-refractivity contribution in [1.82, 2.24) is 0 Å². The molecule has 1 aromatic rings.